The van der Waals surface area contributed by atoms with Crippen molar-refractivity contribution in [2.45, 2.75) is 12.3 Å². The summed E-state index contributed by atoms with van der Waals surface area (Å²) in [6.07, 6.45) is 2.99. The third-order valence-corrected chi connectivity index (χ3v) is 5.85. The van der Waals surface area contributed by atoms with Crippen LogP contribution in [-0.4, -0.2) is 27.6 Å². The maximum Gasteiger partial charge on any atom is 0.238 e. The molecule has 0 aliphatic carbocycles. The van der Waals surface area contributed by atoms with Crippen molar-refractivity contribution in [1.29, 1.82) is 0 Å². The fourth-order valence-corrected chi connectivity index (χ4v) is 3.97. The number of nitrogens with zero attached hydrogens (tertiary/aromatic N) is 2. The molecule has 1 unspecified atom stereocenters. The average molecular weight is 499 g/mol. The van der Waals surface area contributed by atoms with E-state index in [4.69, 9.17) is 11.6 Å². The summed E-state index contributed by atoms with van der Waals surface area (Å²) in [5.41, 5.74) is 1.12. The van der Waals surface area contributed by atoms with Crippen molar-refractivity contribution < 1.29 is 14.4 Å². The molecule has 0 aliphatic rings. The average Bonchev–Trinajstić information content (AvgIpc) is 2.90. The van der Waals surface area contributed by atoms with Crippen LogP contribution in [0.2, 0.25) is 5.02 Å². The van der Waals surface area contributed by atoms with Gasteiger partial charge in [0.25, 0.3) is 0 Å². The van der Waals surface area contributed by atoms with E-state index in [0.717, 1.165) is 0 Å². The lowest BCUT2D eigenvalue weighted by molar-refractivity contribution is -0.130. The van der Waals surface area contributed by atoms with Crippen molar-refractivity contribution in [2.24, 2.45) is 5.92 Å². The first-order chi connectivity index (χ1) is 17.5. The van der Waals surface area contributed by atoms with E-state index in [2.05, 4.69) is 20.6 Å². The molecular formula is C28H23ClN4O3. The first-order valence-electron chi connectivity index (χ1n) is 11.3. The number of pyridine rings is 2. The van der Waals surface area contributed by atoms with Crippen LogP contribution in [0, 0.1) is 5.92 Å². The first-order valence-corrected chi connectivity index (χ1v) is 11.7. The minimum absolute atomic E-state index is 0.0818. The second-order valence-corrected chi connectivity index (χ2v) is 8.47. The maximum atomic E-state index is 13.6. The van der Waals surface area contributed by atoms with Crippen molar-refractivity contribution >= 4 is 40.8 Å². The largest absolute Gasteiger partial charge is 0.310 e. The number of amides is 2. The lowest BCUT2D eigenvalue weighted by atomic mass is 9.80. The molecule has 1 atom stereocenters. The number of carbonyl (C=O) groups excluding carboxylic acids is 3. The highest BCUT2D eigenvalue weighted by Crippen LogP contribution is 2.33. The molecule has 0 fully saturated rings. The minimum atomic E-state index is -1.28. The second-order valence-electron chi connectivity index (χ2n) is 8.04. The van der Waals surface area contributed by atoms with Crippen LogP contribution in [0.1, 0.15) is 28.3 Å². The maximum absolute atomic E-state index is 13.6. The van der Waals surface area contributed by atoms with Crippen LogP contribution in [0.4, 0.5) is 11.6 Å². The van der Waals surface area contributed by atoms with Gasteiger partial charge in [-0.25, -0.2) is 9.97 Å². The molecule has 0 saturated heterocycles. The Balaban J connectivity index is 1.73. The van der Waals surface area contributed by atoms with Gasteiger partial charge in [-0.1, -0.05) is 66.2 Å². The number of hydrogen-bond donors (Lipinski definition) is 2. The van der Waals surface area contributed by atoms with Crippen LogP contribution < -0.4 is 10.6 Å². The summed E-state index contributed by atoms with van der Waals surface area (Å²) in [6, 6.07) is 25.7. The summed E-state index contributed by atoms with van der Waals surface area (Å²) in [6.45, 7) is 0. The van der Waals surface area contributed by atoms with Crippen molar-refractivity contribution in [3.05, 3.63) is 120 Å². The van der Waals surface area contributed by atoms with E-state index in [9.17, 15) is 14.4 Å². The Hall–Kier alpha value is -4.36. The van der Waals surface area contributed by atoms with Gasteiger partial charge in [-0.15, -0.1) is 0 Å². The molecule has 0 bridgehead atoms. The Labute approximate surface area is 213 Å². The quantitative estimate of drug-likeness (QED) is 0.238. The van der Waals surface area contributed by atoms with Crippen LogP contribution in [0.15, 0.2) is 103 Å². The Kier molecular flexibility index (Phi) is 8.16. The molecule has 8 heteroatoms. The third-order valence-electron chi connectivity index (χ3n) is 5.60. The Bertz CT molecular complexity index is 1260. The molecule has 2 aromatic carbocycles. The van der Waals surface area contributed by atoms with Gasteiger partial charge in [-0.2, -0.15) is 0 Å². The van der Waals surface area contributed by atoms with Gasteiger partial charge >= 0.3 is 0 Å². The SMILES string of the molecule is O=C(CC(c1ccc(Cl)cc1)C(C(=O)Nc1ccccn1)C(=O)Nc1ccccn1)c1ccccc1. The van der Waals surface area contributed by atoms with Gasteiger partial charge in [-0.3, -0.25) is 14.4 Å². The summed E-state index contributed by atoms with van der Waals surface area (Å²) < 4.78 is 0. The highest BCUT2D eigenvalue weighted by molar-refractivity contribution is 6.30. The van der Waals surface area contributed by atoms with E-state index in [1.54, 1.807) is 84.9 Å². The molecule has 4 aromatic rings. The molecule has 7 nitrogen and oxygen atoms in total. The molecule has 4 rings (SSSR count). The Morgan fingerprint density at radius 3 is 1.72 bits per heavy atom. The number of aromatic nitrogens is 2. The highest BCUT2D eigenvalue weighted by Gasteiger charge is 2.38. The number of carbonyl (C=O) groups is 3. The van der Waals surface area contributed by atoms with Gasteiger partial charge in [0, 0.05) is 35.3 Å². The number of benzene rings is 2. The molecule has 0 spiro atoms. The topological polar surface area (TPSA) is 101 Å². The van der Waals surface area contributed by atoms with Crippen molar-refractivity contribution in [3.8, 4) is 0 Å². The van der Waals surface area contributed by atoms with E-state index in [-0.39, 0.29) is 12.2 Å². The fraction of sp³-hybridized carbons (Fsp3) is 0.107. The van der Waals surface area contributed by atoms with Crippen LogP contribution >= 0.6 is 11.6 Å². The number of hydrogen-bond acceptors (Lipinski definition) is 5. The molecule has 2 heterocycles. The summed E-state index contributed by atoms with van der Waals surface area (Å²) >= 11 is 6.10. The fourth-order valence-electron chi connectivity index (χ4n) is 3.85. The zero-order valence-corrected chi connectivity index (χ0v) is 19.9. The highest BCUT2D eigenvalue weighted by atomic mass is 35.5. The summed E-state index contributed by atoms with van der Waals surface area (Å²) in [5.74, 6) is -2.86. The molecule has 2 aromatic heterocycles. The van der Waals surface area contributed by atoms with Gasteiger partial charge in [0.15, 0.2) is 5.78 Å². The molecule has 0 saturated carbocycles. The number of halogens is 1. The smallest absolute Gasteiger partial charge is 0.238 e. The van der Waals surface area contributed by atoms with E-state index in [0.29, 0.717) is 27.8 Å². The van der Waals surface area contributed by atoms with Crippen LogP contribution in [0.5, 0.6) is 0 Å². The first kappa shape index (κ1) is 24.8. The van der Waals surface area contributed by atoms with Crippen LogP contribution in [0.25, 0.3) is 0 Å². The summed E-state index contributed by atoms with van der Waals surface area (Å²) in [5, 5.41) is 5.93. The lowest BCUT2D eigenvalue weighted by Gasteiger charge is -2.26. The van der Waals surface area contributed by atoms with E-state index in [1.165, 1.54) is 12.4 Å². The Morgan fingerprint density at radius 2 is 1.22 bits per heavy atom. The summed E-state index contributed by atoms with van der Waals surface area (Å²) in [4.78, 5) is 48.7. The number of Topliss-reactive ketones (excluding diaryl/α,β-unsaturated/α-hetero) is 1. The number of ketones is 1. The van der Waals surface area contributed by atoms with E-state index >= 15 is 0 Å². The second kappa shape index (κ2) is 11.9. The van der Waals surface area contributed by atoms with Crippen LogP contribution in [0.3, 0.4) is 0 Å². The zero-order chi connectivity index (χ0) is 25.3. The molecule has 36 heavy (non-hydrogen) atoms. The molecular weight excluding hydrogens is 476 g/mol. The number of anilines is 2. The predicted octanol–water partition coefficient (Wildman–Crippen LogP) is 5.38. The Morgan fingerprint density at radius 1 is 0.694 bits per heavy atom. The van der Waals surface area contributed by atoms with Crippen molar-refractivity contribution in [1.82, 2.24) is 9.97 Å². The van der Waals surface area contributed by atoms with Crippen molar-refractivity contribution in [3.63, 3.8) is 0 Å². The van der Waals surface area contributed by atoms with Gasteiger partial charge in [0.1, 0.15) is 17.6 Å². The molecule has 2 N–H and O–H groups in total. The van der Waals surface area contributed by atoms with E-state index in [1.807, 2.05) is 6.07 Å². The van der Waals surface area contributed by atoms with E-state index < -0.39 is 23.7 Å². The van der Waals surface area contributed by atoms with Gasteiger partial charge in [0.05, 0.1) is 0 Å². The zero-order valence-electron chi connectivity index (χ0n) is 19.2. The molecule has 0 radical (unpaired) electrons. The lowest BCUT2D eigenvalue weighted by Crippen LogP contribution is -2.39. The normalized spacial score (nSPS) is 11.5. The van der Waals surface area contributed by atoms with Gasteiger partial charge in [-0.05, 0) is 42.0 Å². The number of rotatable bonds is 9. The predicted molar refractivity (Wildman–Crippen MR) is 139 cm³/mol. The molecule has 0 aliphatic heterocycles. The molecule has 2 amide bonds. The standard InChI is InChI=1S/C28H23ClN4O3/c29-21-14-12-19(13-15-21)22(18-23(34)20-8-2-1-3-9-20)26(27(35)32-24-10-4-6-16-30-24)28(36)33-25-11-5-7-17-31-25/h1-17,22,26H,18H2,(H,30,32,35)(H,31,33,36). The molecule has 180 valence electrons. The van der Waals surface area contributed by atoms with Crippen LogP contribution in [-0.2, 0) is 9.59 Å². The monoisotopic (exact) mass is 498 g/mol. The van der Waals surface area contributed by atoms with Gasteiger partial charge < -0.3 is 10.6 Å². The summed E-state index contributed by atoms with van der Waals surface area (Å²) in [7, 11) is 0. The third kappa shape index (κ3) is 6.40. The van der Waals surface area contributed by atoms with Crippen molar-refractivity contribution in [2.75, 3.05) is 10.6 Å². The van der Waals surface area contributed by atoms with Gasteiger partial charge in [0.2, 0.25) is 11.8 Å². The minimum Gasteiger partial charge on any atom is -0.310 e. The number of nitrogens with one attached hydrogen (secondary N) is 2.